The molecule has 0 heterocycles. The SMILES string of the molecule is C[C@H]1C(=O)C(Cl)(Cl)[C@H]1C. The van der Waals surface area contributed by atoms with Crippen LogP contribution in [0.3, 0.4) is 0 Å². The minimum atomic E-state index is -1.08. The van der Waals surface area contributed by atoms with Gasteiger partial charge in [0.05, 0.1) is 0 Å². The maximum Gasteiger partial charge on any atom is 0.179 e. The summed E-state index contributed by atoms with van der Waals surface area (Å²) in [6.45, 7) is 3.72. The van der Waals surface area contributed by atoms with Crippen molar-refractivity contribution in [2.75, 3.05) is 0 Å². The van der Waals surface area contributed by atoms with Gasteiger partial charge < -0.3 is 0 Å². The van der Waals surface area contributed by atoms with Gasteiger partial charge in [0.1, 0.15) is 0 Å². The highest BCUT2D eigenvalue weighted by Gasteiger charge is 2.55. The predicted octanol–water partition coefficient (Wildman–Crippen LogP) is 2.02. The fraction of sp³-hybridized carbons (Fsp3) is 0.833. The number of carbonyl (C=O) groups is 1. The normalized spacial score (nSPS) is 40.2. The molecule has 0 N–H and O–H groups in total. The molecule has 0 aromatic heterocycles. The Bertz CT molecular complexity index is 153. The van der Waals surface area contributed by atoms with Crippen molar-refractivity contribution >= 4 is 29.0 Å². The second-order valence-corrected chi connectivity index (χ2v) is 3.95. The van der Waals surface area contributed by atoms with Crippen molar-refractivity contribution in [3.05, 3.63) is 0 Å². The Hall–Kier alpha value is 0.250. The molecule has 1 saturated carbocycles. The fourth-order valence-corrected chi connectivity index (χ4v) is 1.69. The van der Waals surface area contributed by atoms with Crippen LogP contribution >= 0.6 is 23.2 Å². The lowest BCUT2D eigenvalue weighted by Crippen LogP contribution is -2.53. The number of ketones is 1. The van der Waals surface area contributed by atoms with E-state index in [0.29, 0.717) is 0 Å². The summed E-state index contributed by atoms with van der Waals surface area (Å²) >= 11 is 11.2. The maximum absolute atomic E-state index is 10.8. The van der Waals surface area contributed by atoms with Gasteiger partial charge in [-0.05, 0) is 0 Å². The zero-order valence-electron chi connectivity index (χ0n) is 5.32. The Balaban J connectivity index is 2.73. The second-order valence-electron chi connectivity index (χ2n) is 2.56. The van der Waals surface area contributed by atoms with Gasteiger partial charge in [-0.25, -0.2) is 0 Å². The predicted molar refractivity (Wildman–Crippen MR) is 37.8 cm³/mol. The van der Waals surface area contributed by atoms with E-state index >= 15 is 0 Å². The Morgan fingerprint density at radius 3 is 2.00 bits per heavy atom. The van der Waals surface area contributed by atoms with Crippen LogP contribution in [0, 0.1) is 11.8 Å². The standard InChI is InChI=1S/C6H8Cl2O/c1-3-4(2)6(7,8)5(3)9/h3-4H,1-2H3/t3-,4+/m1/s1. The van der Waals surface area contributed by atoms with Gasteiger partial charge in [0.2, 0.25) is 0 Å². The Kier molecular flexibility index (Phi) is 1.52. The molecule has 2 atom stereocenters. The molecule has 1 aliphatic rings. The van der Waals surface area contributed by atoms with Gasteiger partial charge >= 0.3 is 0 Å². The van der Waals surface area contributed by atoms with Gasteiger partial charge in [-0.15, -0.1) is 0 Å². The van der Waals surface area contributed by atoms with Gasteiger partial charge in [-0.3, -0.25) is 4.79 Å². The summed E-state index contributed by atoms with van der Waals surface area (Å²) in [6.07, 6.45) is 0. The number of alkyl halides is 2. The minimum absolute atomic E-state index is 0.0417. The number of halogens is 2. The van der Waals surface area contributed by atoms with Crippen molar-refractivity contribution in [1.29, 1.82) is 0 Å². The first-order valence-electron chi connectivity index (χ1n) is 2.90. The average molecular weight is 167 g/mol. The van der Waals surface area contributed by atoms with Gasteiger partial charge in [-0.1, -0.05) is 37.0 Å². The smallest absolute Gasteiger partial charge is 0.179 e. The highest BCUT2D eigenvalue weighted by molar-refractivity contribution is 6.60. The molecule has 0 aliphatic heterocycles. The van der Waals surface area contributed by atoms with Gasteiger partial charge in [-0.2, -0.15) is 0 Å². The van der Waals surface area contributed by atoms with Crippen molar-refractivity contribution in [1.82, 2.24) is 0 Å². The van der Waals surface area contributed by atoms with Crippen LogP contribution in [0.5, 0.6) is 0 Å². The first-order chi connectivity index (χ1) is 3.98. The van der Waals surface area contributed by atoms with Crippen LogP contribution in [0.25, 0.3) is 0 Å². The van der Waals surface area contributed by atoms with Crippen LogP contribution in [0.15, 0.2) is 0 Å². The average Bonchev–Trinajstić information content (AvgIpc) is 1.84. The van der Waals surface area contributed by atoms with Gasteiger partial charge in [0, 0.05) is 11.8 Å². The molecule has 0 spiro atoms. The Morgan fingerprint density at radius 1 is 1.44 bits per heavy atom. The Morgan fingerprint density at radius 2 is 1.89 bits per heavy atom. The number of hydrogen-bond donors (Lipinski definition) is 0. The van der Waals surface area contributed by atoms with E-state index < -0.39 is 4.33 Å². The van der Waals surface area contributed by atoms with E-state index in [0.717, 1.165) is 0 Å². The molecule has 1 fully saturated rings. The van der Waals surface area contributed by atoms with Crippen LogP contribution in [-0.2, 0) is 4.79 Å². The van der Waals surface area contributed by atoms with Crippen LogP contribution in [0.2, 0.25) is 0 Å². The molecule has 0 radical (unpaired) electrons. The van der Waals surface area contributed by atoms with E-state index in [-0.39, 0.29) is 17.6 Å². The minimum Gasteiger partial charge on any atom is -0.296 e. The third kappa shape index (κ3) is 0.786. The van der Waals surface area contributed by atoms with Crippen molar-refractivity contribution in [2.45, 2.75) is 18.2 Å². The zero-order chi connectivity index (χ0) is 7.23. The Labute approximate surface area is 64.3 Å². The number of Topliss-reactive ketones (excluding diaryl/α,β-unsaturated/α-hetero) is 1. The van der Waals surface area contributed by atoms with Gasteiger partial charge in [0.15, 0.2) is 10.1 Å². The van der Waals surface area contributed by atoms with E-state index in [4.69, 9.17) is 23.2 Å². The van der Waals surface area contributed by atoms with E-state index in [1.165, 1.54) is 0 Å². The van der Waals surface area contributed by atoms with Crippen molar-refractivity contribution < 1.29 is 4.79 Å². The quantitative estimate of drug-likeness (QED) is 0.504. The lowest BCUT2D eigenvalue weighted by Gasteiger charge is -2.41. The van der Waals surface area contributed by atoms with Crippen LogP contribution < -0.4 is 0 Å². The second kappa shape index (κ2) is 1.86. The van der Waals surface area contributed by atoms with Crippen LogP contribution in [-0.4, -0.2) is 10.1 Å². The molecule has 0 saturated heterocycles. The summed E-state index contributed by atoms with van der Waals surface area (Å²) in [5.41, 5.74) is 0. The molecule has 1 aliphatic carbocycles. The van der Waals surface area contributed by atoms with Crippen molar-refractivity contribution in [3.63, 3.8) is 0 Å². The summed E-state index contributed by atoms with van der Waals surface area (Å²) in [6, 6.07) is 0. The first-order valence-corrected chi connectivity index (χ1v) is 3.65. The highest BCUT2D eigenvalue weighted by Crippen LogP contribution is 2.47. The topological polar surface area (TPSA) is 17.1 Å². The molecule has 0 aromatic carbocycles. The lowest BCUT2D eigenvalue weighted by atomic mass is 9.74. The molecular formula is C6H8Cl2O. The molecule has 52 valence electrons. The lowest BCUT2D eigenvalue weighted by molar-refractivity contribution is -0.133. The molecular weight excluding hydrogens is 159 g/mol. The van der Waals surface area contributed by atoms with E-state index in [2.05, 4.69) is 0 Å². The van der Waals surface area contributed by atoms with E-state index in [1.807, 2.05) is 13.8 Å². The molecule has 0 amide bonds. The van der Waals surface area contributed by atoms with E-state index in [9.17, 15) is 4.79 Å². The number of rotatable bonds is 0. The summed E-state index contributed by atoms with van der Waals surface area (Å²) in [4.78, 5) is 10.8. The number of hydrogen-bond acceptors (Lipinski definition) is 1. The third-order valence-corrected chi connectivity index (χ3v) is 3.12. The van der Waals surface area contributed by atoms with E-state index in [1.54, 1.807) is 0 Å². The van der Waals surface area contributed by atoms with Crippen LogP contribution in [0.4, 0.5) is 0 Å². The molecule has 1 nitrogen and oxygen atoms in total. The van der Waals surface area contributed by atoms with Crippen LogP contribution in [0.1, 0.15) is 13.8 Å². The first kappa shape index (κ1) is 7.36. The third-order valence-electron chi connectivity index (χ3n) is 2.06. The summed E-state index contributed by atoms with van der Waals surface area (Å²) in [5, 5.41) is 0. The van der Waals surface area contributed by atoms with Crippen molar-refractivity contribution in [3.8, 4) is 0 Å². The highest BCUT2D eigenvalue weighted by atomic mass is 35.5. The molecule has 0 aromatic rings. The van der Waals surface area contributed by atoms with Crippen molar-refractivity contribution in [2.24, 2.45) is 11.8 Å². The summed E-state index contributed by atoms with van der Waals surface area (Å²) < 4.78 is -1.08. The summed E-state index contributed by atoms with van der Waals surface area (Å²) in [7, 11) is 0. The largest absolute Gasteiger partial charge is 0.296 e. The molecule has 1 rings (SSSR count). The maximum atomic E-state index is 10.8. The fourth-order valence-electron chi connectivity index (χ4n) is 0.973. The molecule has 3 heteroatoms. The summed E-state index contributed by atoms with van der Waals surface area (Å²) in [5.74, 6) is 0.103. The molecule has 9 heavy (non-hydrogen) atoms. The number of carbonyl (C=O) groups excluding carboxylic acids is 1. The zero-order valence-corrected chi connectivity index (χ0v) is 6.83. The molecule has 0 unspecified atom stereocenters. The molecule has 0 bridgehead atoms. The monoisotopic (exact) mass is 166 g/mol. The van der Waals surface area contributed by atoms with Gasteiger partial charge in [0.25, 0.3) is 0 Å².